The Bertz CT molecular complexity index is 941. The zero-order chi connectivity index (χ0) is 21.4. The van der Waals surface area contributed by atoms with E-state index in [1.54, 1.807) is 6.92 Å². The van der Waals surface area contributed by atoms with Crippen LogP contribution in [0.2, 0.25) is 0 Å². The van der Waals surface area contributed by atoms with Crippen molar-refractivity contribution in [2.75, 3.05) is 23.6 Å². The molecular formula is C19H28FN5O3S. The van der Waals surface area contributed by atoms with E-state index in [4.69, 9.17) is 4.52 Å². The first-order valence-electron chi connectivity index (χ1n) is 9.44. The molecule has 0 aliphatic rings. The largest absolute Gasteiger partial charge is 0.359 e. The minimum atomic E-state index is -3.64. The third-order valence-electron chi connectivity index (χ3n) is 4.01. The molecule has 0 aliphatic carbocycles. The standard InChI is InChI=1S/C19H28FN5O3S/c1-5-21-19(23-12-16-11-18(13(2)3)24-28-16)22-8-9-29(26,27)25-15-7-6-14(4)17(20)10-15/h6-7,10-11,13,25H,5,8-9,12H2,1-4H3,(H2,21,22,23). The number of nitrogens with zero attached hydrogens (tertiary/aromatic N) is 2. The first-order chi connectivity index (χ1) is 13.7. The van der Waals surface area contributed by atoms with E-state index in [1.807, 2.05) is 26.8 Å². The predicted molar refractivity (Wildman–Crippen MR) is 112 cm³/mol. The fourth-order valence-corrected chi connectivity index (χ4v) is 3.32. The Morgan fingerprint density at radius 3 is 2.66 bits per heavy atom. The van der Waals surface area contributed by atoms with Gasteiger partial charge in [0.25, 0.3) is 0 Å². The number of guanidine groups is 1. The lowest BCUT2D eigenvalue weighted by molar-refractivity contribution is 0.376. The fourth-order valence-electron chi connectivity index (χ4n) is 2.37. The molecule has 0 amide bonds. The van der Waals surface area contributed by atoms with Gasteiger partial charge in [0, 0.05) is 19.2 Å². The van der Waals surface area contributed by atoms with Gasteiger partial charge in [0.1, 0.15) is 12.4 Å². The fraction of sp³-hybridized carbons (Fsp3) is 0.474. The van der Waals surface area contributed by atoms with Crippen molar-refractivity contribution in [1.82, 2.24) is 15.8 Å². The number of sulfonamides is 1. The second-order valence-corrected chi connectivity index (χ2v) is 8.72. The van der Waals surface area contributed by atoms with Gasteiger partial charge in [-0.15, -0.1) is 0 Å². The summed E-state index contributed by atoms with van der Waals surface area (Å²) >= 11 is 0. The molecule has 3 N–H and O–H groups in total. The van der Waals surface area contributed by atoms with Crippen LogP contribution in [0.5, 0.6) is 0 Å². The number of aryl methyl sites for hydroxylation is 1. The first-order valence-corrected chi connectivity index (χ1v) is 11.1. The molecule has 0 fully saturated rings. The Morgan fingerprint density at radius 2 is 2.03 bits per heavy atom. The molecule has 1 aromatic heterocycles. The Kier molecular flexibility index (Phi) is 8.00. The van der Waals surface area contributed by atoms with E-state index >= 15 is 0 Å². The second-order valence-electron chi connectivity index (χ2n) is 6.88. The SMILES string of the molecule is CCNC(=NCc1cc(C(C)C)no1)NCCS(=O)(=O)Nc1ccc(C)c(F)c1. The summed E-state index contributed by atoms with van der Waals surface area (Å²) in [4.78, 5) is 4.38. The number of anilines is 1. The maximum atomic E-state index is 13.6. The molecule has 2 rings (SSSR count). The Hall–Kier alpha value is -2.62. The molecule has 2 aromatic rings. The maximum absolute atomic E-state index is 13.6. The summed E-state index contributed by atoms with van der Waals surface area (Å²) in [6.45, 7) is 8.60. The van der Waals surface area contributed by atoms with Crippen molar-refractivity contribution in [1.29, 1.82) is 0 Å². The van der Waals surface area contributed by atoms with E-state index in [0.717, 1.165) is 11.8 Å². The zero-order valence-corrected chi connectivity index (χ0v) is 17.9. The van der Waals surface area contributed by atoms with Crippen molar-refractivity contribution >= 4 is 21.7 Å². The highest BCUT2D eigenvalue weighted by Crippen LogP contribution is 2.15. The van der Waals surface area contributed by atoms with Gasteiger partial charge in [-0.3, -0.25) is 4.72 Å². The highest BCUT2D eigenvalue weighted by Gasteiger charge is 2.12. The maximum Gasteiger partial charge on any atom is 0.234 e. The summed E-state index contributed by atoms with van der Waals surface area (Å²) in [5.41, 5.74) is 1.51. The van der Waals surface area contributed by atoms with Crippen LogP contribution in [0.25, 0.3) is 0 Å². The van der Waals surface area contributed by atoms with Crippen LogP contribution in [0.4, 0.5) is 10.1 Å². The number of rotatable bonds is 9. The molecule has 10 heteroatoms. The van der Waals surface area contributed by atoms with E-state index in [-0.39, 0.29) is 30.4 Å². The van der Waals surface area contributed by atoms with Gasteiger partial charge in [-0.1, -0.05) is 25.1 Å². The minimum absolute atomic E-state index is 0.128. The summed E-state index contributed by atoms with van der Waals surface area (Å²) in [6.07, 6.45) is 0. The lowest BCUT2D eigenvalue weighted by Gasteiger charge is -2.12. The quantitative estimate of drug-likeness (QED) is 0.421. The number of halogens is 1. The van der Waals surface area contributed by atoms with Gasteiger partial charge in [-0.05, 0) is 37.5 Å². The van der Waals surface area contributed by atoms with Gasteiger partial charge in [-0.25, -0.2) is 17.8 Å². The normalized spacial score (nSPS) is 12.3. The summed E-state index contributed by atoms with van der Waals surface area (Å²) in [7, 11) is -3.64. The van der Waals surface area contributed by atoms with Crippen LogP contribution in [0.15, 0.2) is 33.8 Å². The molecule has 0 radical (unpaired) electrons. The minimum Gasteiger partial charge on any atom is -0.359 e. The van der Waals surface area contributed by atoms with Crippen LogP contribution in [0.3, 0.4) is 0 Å². The van der Waals surface area contributed by atoms with Gasteiger partial charge in [0.2, 0.25) is 10.0 Å². The number of benzene rings is 1. The van der Waals surface area contributed by atoms with E-state index in [9.17, 15) is 12.8 Å². The van der Waals surface area contributed by atoms with Crippen molar-refractivity contribution in [3.05, 3.63) is 47.1 Å². The molecule has 8 nitrogen and oxygen atoms in total. The third-order valence-corrected chi connectivity index (χ3v) is 5.30. The van der Waals surface area contributed by atoms with Crippen LogP contribution < -0.4 is 15.4 Å². The summed E-state index contributed by atoms with van der Waals surface area (Å²) in [5.74, 6) is 0.695. The molecule has 1 heterocycles. The van der Waals surface area contributed by atoms with Crippen molar-refractivity contribution in [2.45, 2.75) is 40.2 Å². The highest BCUT2D eigenvalue weighted by atomic mass is 32.2. The van der Waals surface area contributed by atoms with Crippen molar-refractivity contribution in [3.63, 3.8) is 0 Å². The monoisotopic (exact) mass is 425 g/mol. The molecular weight excluding hydrogens is 397 g/mol. The molecule has 0 spiro atoms. The lowest BCUT2D eigenvalue weighted by atomic mass is 10.1. The average molecular weight is 426 g/mol. The van der Waals surface area contributed by atoms with Crippen molar-refractivity contribution in [2.24, 2.45) is 4.99 Å². The molecule has 1 aromatic carbocycles. The van der Waals surface area contributed by atoms with Crippen LogP contribution >= 0.6 is 0 Å². The zero-order valence-electron chi connectivity index (χ0n) is 17.1. The average Bonchev–Trinajstić information content (AvgIpc) is 3.12. The molecule has 0 saturated heterocycles. The number of hydrogen-bond donors (Lipinski definition) is 3. The van der Waals surface area contributed by atoms with Gasteiger partial charge in [-0.2, -0.15) is 0 Å². The van der Waals surface area contributed by atoms with E-state index in [2.05, 4.69) is 25.5 Å². The van der Waals surface area contributed by atoms with Crippen molar-refractivity contribution in [3.8, 4) is 0 Å². The van der Waals surface area contributed by atoms with E-state index in [1.165, 1.54) is 12.1 Å². The molecule has 29 heavy (non-hydrogen) atoms. The molecule has 0 unspecified atom stereocenters. The van der Waals surface area contributed by atoms with Gasteiger partial charge < -0.3 is 15.2 Å². The lowest BCUT2D eigenvalue weighted by Crippen LogP contribution is -2.40. The third kappa shape index (κ3) is 7.37. The second kappa shape index (κ2) is 10.2. The van der Waals surface area contributed by atoms with Gasteiger partial charge in [0.05, 0.1) is 17.1 Å². The Labute approximate surface area is 171 Å². The summed E-state index contributed by atoms with van der Waals surface area (Å²) in [5, 5.41) is 10.00. The molecule has 0 aliphatic heterocycles. The molecule has 0 atom stereocenters. The van der Waals surface area contributed by atoms with Crippen LogP contribution in [0, 0.1) is 12.7 Å². The smallest absolute Gasteiger partial charge is 0.234 e. The topological polar surface area (TPSA) is 109 Å². The number of aliphatic imine (C=N–C) groups is 1. The number of nitrogens with one attached hydrogen (secondary N) is 3. The Balaban J connectivity index is 1.90. The van der Waals surface area contributed by atoms with Crippen LogP contribution in [-0.4, -0.2) is 38.4 Å². The molecule has 160 valence electrons. The summed E-state index contributed by atoms with van der Waals surface area (Å²) in [6, 6.07) is 6.06. The molecule has 0 saturated carbocycles. The number of aromatic nitrogens is 1. The molecule has 0 bridgehead atoms. The van der Waals surface area contributed by atoms with Gasteiger partial charge in [0.15, 0.2) is 11.7 Å². The highest BCUT2D eigenvalue weighted by molar-refractivity contribution is 7.92. The van der Waals surface area contributed by atoms with Crippen LogP contribution in [0.1, 0.15) is 43.7 Å². The Morgan fingerprint density at radius 1 is 1.28 bits per heavy atom. The van der Waals surface area contributed by atoms with E-state index in [0.29, 0.717) is 23.8 Å². The number of hydrogen-bond acceptors (Lipinski definition) is 5. The summed E-state index contributed by atoms with van der Waals surface area (Å²) < 4.78 is 45.7. The van der Waals surface area contributed by atoms with E-state index < -0.39 is 15.8 Å². The van der Waals surface area contributed by atoms with Gasteiger partial charge >= 0.3 is 0 Å². The van der Waals surface area contributed by atoms with Crippen molar-refractivity contribution < 1.29 is 17.3 Å². The predicted octanol–water partition coefficient (Wildman–Crippen LogP) is 2.74. The van der Waals surface area contributed by atoms with Crippen LogP contribution in [-0.2, 0) is 16.6 Å². The first kappa shape index (κ1) is 22.7.